The maximum atomic E-state index is 9.21. The maximum absolute atomic E-state index is 9.21. The highest BCUT2D eigenvalue weighted by molar-refractivity contribution is 5.08. The molecule has 1 aliphatic carbocycles. The van der Waals surface area contributed by atoms with E-state index >= 15 is 0 Å². The summed E-state index contributed by atoms with van der Waals surface area (Å²) in [5.74, 6) is 0. The number of azo groups is 1. The lowest BCUT2D eigenvalue weighted by Crippen LogP contribution is -2.28. The fourth-order valence-electron chi connectivity index (χ4n) is 1.67. The zero-order valence-electron chi connectivity index (χ0n) is 10.1. The Bertz CT molecular complexity index is 267. The number of rotatable bonds is 3. The molecule has 0 aliphatic heterocycles. The Morgan fingerprint density at radius 3 is 2.33 bits per heavy atom. The van der Waals surface area contributed by atoms with Gasteiger partial charge in [-0.1, -0.05) is 13.3 Å². The minimum Gasteiger partial charge on any atom is -0.196 e. The van der Waals surface area contributed by atoms with Crippen molar-refractivity contribution in [1.29, 1.82) is 5.26 Å². The second-order valence-electron chi connectivity index (χ2n) is 5.07. The van der Waals surface area contributed by atoms with Crippen molar-refractivity contribution in [2.45, 2.75) is 70.4 Å². The standard InChI is InChI=1S/C12H21N3/c1-4-11(2,3)14-15-12(10-13)8-6-5-7-9-12/h4-9H2,1-3H3/b15-14+. The van der Waals surface area contributed by atoms with Crippen LogP contribution in [-0.4, -0.2) is 11.1 Å². The van der Waals surface area contributed by atoms with Crippen LogP contribution in [0.2, 0.25) is 0 Å². The minimum absolute atomic E-state index is 0.124. The summed E-state index contributed by atoms with van der Waals surface area (Å²) >= 11 is 0. The highest BCUT2D eigenvalue weighted by Crippen LogP contribution is 2.32. The maximum Gasteiger partial charge on any atom is 0.167 e. The second kappa shape index (κ2) is 4.74. The molecular weight excluding hydrogens is 186 g/mol. The van der Waals surface area contributed by atoms with Gasteiger partial charge in [0, 0.05) is 0 Å². The molecule has 1 rings (SSSR count). The largest absolute Gasteiger partial charge is 0.196 e. The third-order valence-corrected chi connectivity index (χ3v) is 3.27. The summed E-state index contributed by atoms with van der Waals surface area (Å²) in [6.45, 7) is 6.22. The summed E-state index contributed by atoms with van der Waals surface area (Å²) in [5, 5.41) is 17.9. The van der Waals surface area contributed by atoms with Gasteiger partial charge in [-0.3, -0.25) is 0 Å². The zero-order chi connectivity index (χ0) is 11.4. The molecule has 0 aromatic heterocycles. The summed E-state index contributed by atoms with van der Waals surface area (Å²) < 4.78 is 0. The first-order valence-electron chi connectivity index (χ1n) is 5.89. The van der Waals surface area contributed by atoms with Crippen molar-refractivity contribution in [1.82, 2.24) is 0 Å². The van der Waals surface area contributed by atoms with Gasteiger partial charge in [0.15, 0.2) is 5.54 Å². The van der Waals surface area contributed by atoms with E-state index in [2.05, 4.69) is 37.1 Å². The predicted molar refractivity (Wildman–Crippen MR) is 60.7 cm³/mol. The van der Waals surface area contributed by atoms with Gasteiger partial charge in [-0.2, -0.15) is 15.5 Å². The molecule has 0 atom stereocenters. The normalized spacial score (nSPS) is 21.5. The van der Waals surface area contributed by atoms with Gasteiger partial charge in [0.25, 0.3) is 0 Å². The van der Waals surface area contributed by atoms with Crippen LogP contribution >= 0.6 is 0 Å². The lowest BCUT2D eigenvalue weighted by atomic mass is 9.84. The van der Waals surface area contributed by atoms with E-state index in [1.165, 1.54) is 6.42 Å². The van der Waals surface area contributed by atoms with Gasteiger partial charge in [0.05, 0.1) is 11.6 Å². The van der Waals surface area contributed by atoms with Crippen molar-refractivity contribution in [2.75, 3.05) is 0 Å². The number of nitrogens with zero attached hydrogens (tertiary/aromatic N) is 3. The highest BCUT2D eigenvalue weighted by Gasteiger charge is 2.32. The molecule has 0 N–H and O–H groups in total. The van der Waals surface area contributed by atoms with Crippen LogP contribution < -0.4 is 0 Å². The first-order valence-corrected chi connectivity index (χ1v) is 5.89. The molecule has 0 unspecified atom stereocenters. The van der Waals surface area contributed by atoms with Gasteiger partial charge in [-0.05, 0) is 46.0 Å². The molecule has 0 bridgehead atoms. The smallest absolute Gasteiger partial charge is 0.167 e. The molecule has 84 valence electrons. The van der Waals surface area contributed by atoms with Crippen molar-refractivity contribution < 1.29 is 0 Å². The van der Waals surface area contributed by atoms with Gasteiger partial charge in [-0.25, -0.2) is 0 Å². The van der Waals surface area contributed by atoms with Crippen LogP contribution in [0.4, 0.5) is 0 Å². The van der Waals surface area contributed by atoms with Crippen LogP contribution in [0.1, 0.15) is 59.3 Å². The summed E-state index contributed by atoms with van der Waals surface area (Å²) in [6, 6.07) is 2.35. The van der Waals surface area contributed by atoms with E-state index in [0.717, 1.165) is 32.1 Å². The summed E-state index contributed by atoms with van der Waals surface area (Å²) in [7, 11) is 0. The molecule has 0 aromatic carbocycles. The van der Waals surface area contributed by atoms with Crippen LogP contribution in [0.15, 0.2) is 10.2 Å². The monoisotopic (exact) mass is 207 g/mol. The molecule has 15 heavy (non-hydrogen) atoms. The van der Waals surface area contributed by atoms with E-state index in [1.54, 1.807) is 0 Å². The van der Waals surface area contributed by atoms with Crippen molar-refractivity contribution in [3.8, 4) is 6.07 Å². The Hall–Kier alpha value is -0.910. The van der Waals surface area contributed by atoms with Crippen LogP contribution in [0.25, 0.3) is 0 Å². The Morgan fingerprint density at radius 2 is 1.87 bits per heavy atom. The fraction of sp³-hybridized carbons (Fsp3) is 0.917. The van der Waals surface area contributed by atoms with E-state index in [0.29, 0.717) is 0 Å². The molecule has 3 nitrogen and oxygen atoms in total. The molecular formula is C12H21N3. The average Bonchev–Trinajstić information content (AvgIpc) is 2.28. The average molecular weight is 207 g/mol. The molecule has 1 fully saturated rings. The second-order valence-corrected chi connectivity index (χ2v) is 5.07. The first-order chi connectivity index (χ1) is 7.04. The Morgan fingerprint density at radius 1 is 1.27 bits per heavy atom. The van der Waals surface area contributed by atoms with Crippen molar-refractivity contribution in [2.24, 2.45) is 10.2 Å². The van der Waals surface area contributed by atoms with E-state index < -0.39 is 5.54 Å². The Kier molecular flexibility index (Phi) is 3.84. The van der Waals surface area contributed by atoms with Crippen molar-refractivity contribution in [3.63, 3.8) is 0 Å². The lowest BCUT2D eigenvalue weighted by Gasteiger charge is -2.26. The van der Waals surface area contributed by atoms with Gasteiger partial charge in [0.1, 0.15) is 0 Å². The minimum atomic E-state index is -0.509. The van der Waals surface area contributed by atoms with Gasteiger partial charge >= 0.3 is 0 Å². The van der Waals surface area contributed by atoms with Gasteiger partial charge in [-0.15, -0.1) is 0 Å². The van der Waals surface area contributed by atoms with Gasteiger partial charge < -0.3 is 0 Å². The van der Waals surface area contributed by atoms with E-state index in [-0.39, 0.29) is 5.54 Å². The van der Waals surface area contributed by atoms with Crippen LogP contribution in [0.3, 0.4) is 0 Å². The molecule has 0 radical (unpaired) electrons. The van der Waals surface area contributed by atoms with Crippen molar-refractivity contribution in [3.05, 3.63) is 0 Å². The van der Waals surface area contributed by atoms with Crippen LogP contribution in [0, 0.1) is 11.3 Å². The number of nitriles is 1. The van der Waals surface area contributed by atoms with Crippen LogP contribution in [-0.2, 0) is 0 Å². The lowest BCUT2D eigenvalue weighted by molar-refractivity contribution is 0.335. The predicted octanol–water partition coefficient (Wildman–Crippen LogP) is 3.85. The third-order valence-electron chi connectivity index (χ3n) is 3.27. The third kappa shape index (κ3) is 3.30. The molecule has 0 spiro atoms. The quantitative estimate of drug-likeness (QED) is 0.648. The van der Waals surface area contributed by atoms with Gasteiger partial charge in [0.2, 0.25) is 0 Å². The topological polar surface area (TPSA) is 48.5 Å². The number of hydrogen-bond acceptors (Lipinski definition) is 3. The molecule has 1 saturated carbocycles. The van der Waals surface area contributed by atoms with E-state index in [9.17, 15) is 5.26 Å². The summed E-state index contributed by atoms with van der Waals surface area (Å²) in [5.41, 5.74) is -0.633. The zero-order valence-corrected chi connectivity index (χ0v) is 10.1. The Labute approximate surface area is 92.6 Å². The van der Waals surface area contributed by atoms with Crippen molar-refractivity contribution >= 4 is 0 Å². The molecule has 0 aromatic rings. The molecule has 0 amide bonds. The SMILES string of the molecule is CCC(C)(C)/N=N/C1(C#N)CCCCC1. The molecule has 0 saturated heterocycles. The van der Waals surface area contributed by atoms with E-state index in [1.807, 2.05) is 0 Å². The van der Waals surface area contributed by atoms with E-state index in [4.69, 9.17) is 0 Å². The number of hydrogen-bond donors (Lipinski definition) is 0. The first kappa shape index (κ1) is 12.2. The Balaban J connectivity index is 2.72. The van der Waals surface area contributed by atoms with Crippen LogP contribution in [0.5, 0.6) is 0 Å². The summed E-state index contributed by atoms with van der Waals surface area (Å²) in [6.07, 6.45) is 6.17. The fourth-order valence-corrected chi connectivity index (χ4v) is 1.67. The summed E-state index contributed by atoms with van der Waals surface area (Å²) in [4.78, 5) is 0. The highest BCUT2D eigenvalue weighted by atomic mass is 15.2. The molecule has 1 aliphatic rings. The molecule has 0 heterocycles. The molecule has 3 heteroatoms.